The van der Waals surface area contributed by atoms with Crippen molar-refractivity contribution in [3.8, 4) is 0 Å². The summed E-state index contributed by atoms with van der Waals surface area (Å²) < 4.78 is 12.9. The van der Waals surface area contributed by atoms with E-state index in [1.807, 2.05) is 6.07 Å². The van der Waals surface area contributed by atoms with Crippen LogP contribution in [0.1, 0.15) is 16.0 Å². The van der Waals surface area contributed by atoms with E-state index < -0.39 is 0 Å². The molecule has 2 aromatic heterocycles. The molecule has 2 heterocycles. The van der Waals surface area contributed by atoms with E-state index in [1.165, 1.54) is 29.5 Å². The van der Waals surface area contributed by atoms with E-state index in [0.717, 1.165) is 16.0 Å². The number of thiazole rings is 1. The van der Waals surface area contributed by atoms with Gasteiger partial charge >= 0.3 is 0 Å². The van der Waals surface area contributed by atoms with Gasteiger partial charge in [0.25, 0.3) is 0 Å². The molecule has 1 aromatic carbocycles. The third-order valence-corrected chi connectivity index (χ3v) is 4.10. The maximum Gasteiger partial charge on any atom is 0.250 e. The van der Waals surface area contributed by atoms with Gasteiger partial charge in [-0.15, -0.1) is 11.3 Å². The zero-order chi connectivity index (χ0) is 16.8. The second kappa shape index (κ2) is 7.61. The number of nitrogens with zero attached hydrogens (tertiary/aromatic N) is 2. The minimum absolute atomic E-state index is 0.249. The Morgan fingerprint density at radius 1 is 1.21 bits per heavy atom. The van der Waals surface area contributed by atoms with Crippen LogP contribution in [0, 0.1) is 5.82 Å². The van der Waals surface area contributed by atoms with Gasteiger partial charge in [0.15, 0.2) is 5.13 Å². The number of hydrogen-bond donors (Lipinski definition) is 1. The van der Waals surface area contributed by atoms with E-state index in [1.54, 1.807) is 42.9 Å². The average Bonchev–Trinajstić information content (AvgIpc) is 3.03. The van der Waals surface area contributed by atoms with Crippen LogP contribution in [0.4, 0.5) is 9.52 Å². The fraction of sp³-hybridized carbons (Fsp3) is 0.0556. The van der Waals surface area contributed by atoms with Crippen LogP contribution in [0.3, 0.4) is 0 Å². The van der Waals surface area contributed by atoms with Gasteiger partial charge < -0.3 is 0 Å². The van der Waals surface area contributed by atoms with Crippen molar-refractivity contribution >= 4 is 28.5 Å². The van der Waals surface area contributed by atoms with Gasteiger partial charge in [-0.1, -0.05) is 18.2 Å². The molecule has 4 nitrogen and oxygen atoms in total. The maximum absolute atomic E-state index is 12.9. The predicted octanol–water partition coefficient (Wildman–Crippen LogP) is 3.92. The molecule has 0 unspecified atom stereocenters. The molecule has 24 heavy (non-hydrogen) atoms. The van der Waals surface area contributed by atoms with Crippen LogP contribution in [0.2, 0.25) is 0 Å². The smallest absolute Gasteiger partial charge is 0.250 e. The largest absolute Gasteiger partial charge is 0.298 e. The molecule has 6 heteroatoms. The monoisotopic (exact) mass is 339 g/mol. The summed E-state index contributed by atoms with van der Waals surface area (Å²) in [5.41, 5.74) is 1.85. The lowest BCUT2D eigenvalue weighted by molar-refractivity contribution is -0.111. The van der Waals surface area contributed by atoms with E-state index >= 15 is 0 Å². The Labute approximate surface area is 142 Å². The van der Waals surface area contributed by atoms with Crippen LogP contribution < -0.4 is 5.32 Å². The summed E-state index contributed by atoms with van der Waals surface area (Å²) >= 11 is 1.40. The quantitative estimate of drug-likeness (QED) is 0.717. The number of halogens is 1. The predicted molar refractivity (Wildman–Crippen MR) is 93.2 cm³/mol. The first kappa shape index (κ1) is 16.0. The Morgan fingerprint density at radius 3 is 2.79 bits per heavy atom. The first-order valence-corrected chi connectivity index (χ1v) is 8.09. The van der Waals surface area contributed by atoms with Gasteiger partial charge in [-0.05, 0) is 35.4 Å². The first-order chi connectivity index (χ1) is 11.7. The summed E-state index contributed by atoms with van der Waals surface area (Å²) in [7, 11) is 0. The number of benzene rings is 1. The van der Waals surface area contributed by atoms with Crippen LogP contribution in [-0.4, -0.2) is 15.9 Å². The molecule has 3 rings (SSSR count). The zero-order valence-electron chi connectivity index (χ0n) is 12.6. The molecule has 3 aromatic rings. The van der Waals surface area contributed by atoms with Gasteiger partial charge in [-0.2, -0.15) is 0 Å². The third kappa shape index (κ3) is 4.57. The van der Waals surface area contributed by atoms with Gasteiger partial charge in [0.1, 0.15) is 5.82 Å². The standard InChI is InChI=1S/C18H14FN3OS/c19-15-6-3-13(4-7-15)10-16-12-21-18(24-16)22-17(23)8-5-14-2-1-9-20-11-14/h1-9,11-12H,10H2,(H,21,22,23)/b8-5+. The van der Waals surface area contributed by atoms with Crippen molar-refractivity contribution in [1.29, 1.82) is 0 Å². The summed E-state index contributed by atoms with van der Waals surface area (Å²) in [6.07, 6.45) is 8.85. The second-order valence-corrected chi connectivity index (χ2v) is 6.16. The topological polar surface area (TPSA) is 54.9 Å². The van der Waals surface area contributed by atoms with Crippen molar-refractivity contribution in [2.24, 2.45) is 0 Å². The number of anilines is 1. The van der Waals surface area contributed by atoms with E-state index in [0.29, 0.717) is 11.6 Å². The minimum Gasteiger partial charge on any atom is -0.298 e. The first-order valence-electron chi connectivity index (χ1n) is 7.27. The number of hydrogen-bond acceptors (Lipinski definition) is 4. The highest BCUT2D eigenvalue weighted by Crippen LogP contribution is 2.21. The SMILES string of the molecule is O=C(/C=C/c1cccnc1)Nc1ncc(Cc2ccc(F)cc2)s1. The third-order valence-electron chi connectivity index (χ3n) is 3.19. The number of amides is 1. The Bertz CT molecular complexity index is 844. The lowest BCUT2D eigenvalue weighted by atomic mass is 10.1. The molecule has 0 saturated heterocycles. The maximum atomic E-state index is 12.9. The van der Waals surface area contributed by atoms with Gasteiger partial charge in [0.05, 0.1) is 0 Å². The van der Waals surface area contributed by atoms with Crippen molar-refractivity contribution in [2.75, 3.05) is 5.32 Å². The highest BCUT2D eigenvalue weighted by molar-refractivity contribution is 7.15. The van der Waals surface area contributed by atoms with Crippen molar-refractivity contribution in [2.45, 2.75) is 6.42 Å². The Balaban J connectivity index is 1.58. The Kier molecular flexibility index (Phi) is 5.08. The van der Waals surface area contributed by atoms with Crippen LogP contribution >= 0.6 is 11.3 Å². The summed E-state index contributed by atoms with van der Waals surface area (Å²) in [6.45, 7) is 0. The van der Waals surface area contributed by atoms with Gasteiger partial charge in [-0.25, -0.2) is 9.37 Å². The molecule has 0 aliphatic rings. The zero-order valence-corrected chi connectivity index (χ0v) is 13.5. The number of nitrogens with one attached hydrogen (secondary N) is 1. The fourth-order valence-electron chi connectivity index (χ4n) is 2.04. The van der Waals surface area contributed by atoms with E-state index in [9.17, 15) is 9.18 Å². The lowest BCUT2D eigenvalue weighted by Crippen LogP contribution is -2.07. The van der Waals surface area contributed by atoms with Crippen molar-refractivity contribution in [1.82, 2.24) is 9.97 Å². The normalized spacial score (nSPS) is 10.9. The molecule has 0 bridgehead atoms. The molecule has 120 valence electrons. The molecule has 0 saturated carbocycles. The Hall–Kier alpha value is -2.86. The van der Waals surface area contributed by atoms with Gasteiger partial charge in [0.2, 0.25) is 5.91 Å². The van der Waals surface area contributed by atoms with Crippen molar-refractivity contribution in [3.63, 3.8) is 0 Å². The van der Waals surface area contributed by atoms with Gasteiger partial charge in [0, 0.05) is 36.0 Å². The minimum atomic E-state index is -0.253. The molecule has 1 amide bonds. The summed E-state index contributed by atoms with van der Waals surface area (Å²) in [5.74, 6) is -0.502. The summed E-state index contributed by atoms with van der Waals surface area (Å²) in [6, 6.07) is 10.0. The van der Waals surface area contributed by atoms with Crippen LogP contribution in [0.15, 0.2) is 61.1 Å². The average molecular weight is 339 g/mol. The molecule has 0 spiro atoms. The number of aromatic nitrogens is 2. The highest BCUT2D eigenvalue weighted by Gasteiger charge is 2.05. The lowest BCUT2D eigenvalue weighted by Gasteiger charge is -1.98. The molecule has 0 aliphatic heterocycles. The fourth-order valence-corrected chi connectivity index (χ4v) is 2.89. The van der Waals surface area contributed by atoms with E-state index in [4.69, 9.17) is 0 Å². The molecule has 0 fully saturated rings. The molecule has 0 radical (unpaired) electrons. The second-order valence-electron chi connectivity index (χ2n) is 5.04. The van der Waals surface area contributed by atoms with Crippen LogP contribution in [0.25, 0.3) is 6.08 Å². The molecule has 0 aliphatic carbocycles. The van der Waals surface area contributed by atoms with E-state index in [2.05, 4.69) is 15.3 Å². The molecular formula is C18H14FN3OS. The summed E-state index contributed by atoms with van der Waals surface area (Å²) in [5, 5.41) is 3.26. The number of pyridine rings is 1. The van der Waals surface area contributed by atoms with Crippen molar-refractivity contribution < 1.29 is 9.18 Å². The number of carbonyl (C=O) groups is 1. The summed E-state index contributed by atoms with van der Waals surface area (Å²) in [4.78, 5) is 21.1. The molecular weight excluding hydrogens is 325 g/mol. The molecule has 0 atom stereocenters. The Morgan fingerprint density at radius 2 is 2.04 bits per heavy atom. The van der Waals surface area contributed by atoms with Crippen LogP contribution in [0.5, 0.6) is 0 Å². The molecule has 1 N–H and O–H groups in total. The number of rotatable bonds is 5. The number of carbonyl (C=O) groups excluding carboxylic acids is 1. The highest BCUT2D eigenvalue weighted by atomic mass is 32.1. The van der Waals surface area contributed by atoms with Gasteiger partial charge in [-0.3, -0.25) is 15.1 Å². The van der Waals surface area contributed by atoms with Crippen LogP contribution in [-0.2, 0) is 11.2 Å². The van der Waals surface area contributed by atoms with E-state index in [-0.39, 0.29) is 11.7 Å². The van der Waals surface area contributed by atoms with Crippen molar-refractivity contribution in [3.05, 3.63) is 82.9 Å².